The molecule has 0 aromatic heterocycles. The Bertz CT molecular complexity index is 302. The van der Waals surface area contributed by atoms with Crippen molar-refractivity contribution in [3.63, 3.8) is 0 Å². The first-order chi connectivity index (χ1) is 7.69. The molecule has 0 aliphatic carbocycles. The van der Waals surface area contributed by atoms with Crippen LogP contribution in [0.3, 0.4) is 0 Å². The van der Waals surface area contributed by atoms with E-state index in [1.807, 2.05) is 26.0 Å². The maximum absolute atomic E-state index is 5.42. The highest BCUT2D eigenvalue weighted by Gasteiger charge is 2.06. The van der Waals surface area contributed by atoms with Crippen molar-refractivity contribution >= 4 is 0 Å². The summed E-state index contributed by atoms with van der Waals surface area (Å²) >= 11 is 0. The van der Waals surface area contributed by atoms with Crippen LogP contribution in [-0.4, -0.2) is 27.8 Å². The molecule has 0 aliphatic rings. The summed E-state index contributed by atoms with van der Waals surface area (Å²) in [6.07, 6.45) is 0. The fourth-order valence-corrected chi connectivity index (χ4v) is 1.32. The van der Waals surface area contributed by atoms with Gasteiger partial charge in [-0.15, -0.1) is 0 Å². The van der Waals surface area contributed by atoms with Crippen molar-refractivity contribution in [1.82, 2.24) is 0 Å². The van der Waals surface area contributed by atoms with E-state index in [-0.39, 0.29) is 13.6 Å². The third-order valence-corrected chi connectivity index (χ3v) is 2.14. The van der Waals surface area contributed by atoms with Crippen LogP contribution in [0.1, 0.15) is 11.1 Å². The third kappa shape index (κ3) is 3.40. The number of methoxy groups -OCH3 is 2. The van der Waals surface area contributed by atoms with E-state index in [4.69, 9.17) is 18.9 Å². The normalized spacial score (nSPS) is 10.2. The minimum atomic E-state index is 0.249. The van der Waals surface area contributed by atoms with Gasteiger partial charge in [-0.25, -0.2) is 0 Å². The molecule has 0 aliphatic heterocycles. The number of aryl methyl sites for hydroxylation is 2. The largest absolute Gasteiger partial charge is 0.467 e. The van der Waals surface area contributed by atoms with E-state index in [9.17, 15) is 0 Å². The molecule has 0 heterocycles. The van der Waals surface area contributed by atoms with Crippen LogP contribution in [0.25, 0.3) is 0 Å². The molecule has 1 rings (SSSR count). The molecule has 0 radical (unpaired) electrons. The lowest BCUT2D eigenvalue weighted by molar-refractivity contribution is 0.0476. The molecule has 16 heavy (non-hydrogen) atoms. The second kappa shape index (κ2) is 6.35. The van der Waals surface area contributed by atoms with Crippen molar-refractivity contribution in [2.75, 3.05) is 27.8 Å². The van der Waals surface area contributed by atoms with Gasteiger partial charge in [-0.1, -0.05) is 0 Å². The Balaban J connectivity index is 2.79. The number of benzene rings is 1. The SMILES string of the molecule is COCOc1cc(C)c(OCOC)cc1C. The predicted octanol–water partition coefficient (Wildman–Crippen LogP) is 2.27. The monoisotopic (exact) mass is 226 g/mol. The summed E-state index contributed by atoms with van der Waals surface area (Å²) in [6.45, 7) is 4.42. The molecule has 0 N–H and O–H groups in total. The van der Waals surface area contributed by atoms with Crippen molar-refractivity contribution in [3.05, 3.63) is 23.3 Å². The molecule has 0 atom stereocenters. The molecule has 4 nitrogen and oxygen atoms in total. The second-order valence-corrected chi connectivity index (χ2v) is 3.48. The summed E-state index contributed by atoms with van der Waals surface area (Å²) in [5.74, 6) is 1.62. The fourth-order valence-electron chi connectivity index (χ4n) is 1.32. The Morgan fingerprint density at radius 1 is 0.812 bits per heavy atom. The Morgan fingerprint density at radius 3 is 1.50 bits per heavy atom. The lowest BCUT2D eigenvalue weighted by atomic mass is 10.1. The van der Waals surface area contributed by atoms with Crippen LogP contribution in [0.5, 0.6) is 11.5 Å². The van der Waals surface area contributed by atoms with E-state index < -0.39 is 0 Å². The highest BCUT2D eigenvalue weighted by Crippen LogP contribution is 2.27. The predicted molar refractivity (Wildman–Crippen MR) is 60.9 cm³/mol. The summed E-state index contributed by atoms with van der Waals surface area (Å²) in [4.78, 5) is 0. The summed E-state index contributed by atoms with van der Waals surface area (Å²) in [6, 6.07) is 3.86. The second-order valence-electron chi connectivity index (χ2n) is 3.48. The van der Waals surface area contributed by atoms with Gasteiger partial charge in [0, 0.05) is 14.2 Å². The zero-order valence-electron chi connectivity index (χ0n) is 10.2. The van der Waals surface area contributed by atoms with Gasteiger partial charge in [-0.05, 0) is 37.1 Å². The van der Waals surface area contributed by atoms with Crippen LogP contribution in [-0.2, 0) is 9.47 Å². The van der Waals surface area contributed by atoms with Crippen molar-refractivity contribution in [2.45, 2.75) is 13.8 Å². The topological polar surface area (TPSA) is 36.9 Å². The van der Waals surface area contributed by atoms with Gasteiger partial charge in [-0.2, -0.15) is 0 Å². The van der Waals surface area contributed by atoms with Gasteiger partial charge >= 0.3 is 0 Å². The van der Waals surface area contributed by atoms with Crippen LogP contribution >= 0.6 is 0 Å². The maximum Gasteiger partial charge on any atom is 0.188 e. The van der Waals surface area contributed by atoms with E-state index in [1.165, 1.54) is 0 Å². The molecule has 4 heteroatoms. The van der Waals surface area contributed by atoms with Crippen LogP contribution in [0.15, 0.2) is 12.1 Å². The number of hydrogen-bond acceptors (Lipinski definition) is 4. The minimum absolute atomic E-state index is 0.249. The molecular formula is C12H18O4. The summed E-state index contributed by atoms with van der Waals surface area (Å²) in [5, 5.41) is 0. The summed E-state index contributed by atoms with van der Waals surface area (Å²) in [5.41, 5.74) is 2.02. The molecule has 0 spiro atoms. The quantitative estimate of drug-likeness (QED) is 0.697. The van der Waals surface area contributed by atoms with Crippen molar-refractivity contribution in [2.24, 2.45) is 0 Å². The molecule has 0 bridgehead atoms. The highest BCUT2D eigenvalue weighted by molar-refractivity contribution is 5.45. The Kier molecular flexibility index (Phi) is 5.08. The van der Waals surface area contributed by atoms with Crippen LogP contribution in [0.2, 0.25) is 0 Å². The Labute approximate surface area is 96.1 Å². The first-order valence-corrected chi connectivity index (χ1v) is 5.03. The molecule has 1 aromatic carbocycles. The van der Waals surface area contributed by atoms with Gasteiger partial charge in [0.15, 0.2) is 13.6 Å². The molecule has 0 unspecified atom stereocenters. The number of rotatable bonds is 6. The first kappa shape index (κ1) is 12.8. The van der Waals surface area contributed by atoms with E-state index in [0.29, 0.717) is 0 Å². The maximum atomic E-state index is 5.42. The van der Waals surface area contributed by atoms with Gasteiger partial charge in [0.05, 0.1) is 0 Å². The van der Waals surface area contributed by atoms with E-state index in [0.717, 1.165) is 22.6 Å². The van der Waals surface area contributed by atoms with Gasteiger partial charge < -0.3 is 18.9 Å². The lowest BCUT2D eigenvalue weighted by Gasteiger charge is -2.13. The van der Waals surface area contributed by atoms with Crippen LogP contribution < -0.4 is 9.47 Å². The van der Waals surface area contributed by atoms with Crippen molar-refractivity contribution < 1.29 is 18.9 Å². The lowest BCUT2D eigenvalue weighted by Crippen LogP contribution is -2.03. The molecule has 1 aromatic rings. The van der Waals surface area contributed by atoms with Gasteiger partial charge in [0.25, 0.3) is 0 Å². The molecule has 0 amide bonds. The average molecular weight is 226 g/mol. The molecule has 90 valence electrons. The highest BCUT2D eigenvalue weighted by atomic mass is 16.7. The average Bonchev–Trinajstić information content (AvgIpc) is 2.28. The van der Waals surface area contributed by atoms with E-state index >= 15 is 0 Å². The van der Waals surface area contributed by atoms with Gasteiger partial charge in [0.1, 0.15) is 11.5 Å². The summed E-state index contributed by atoms with van der Waals surface area (Å²) in [7, 11) is 3.19. The van der Waals surface area contributed by atoms with Crippen LogP contribution in [0, 0.1) is 13.8 Å². The molecule has 0 saturated heterocycles. The smallest absolute Gasteiger partial charge is 0.188 e. The van der Waals surface area contributed by atoms with Gasteiger partial charge in [-0.3, -0.25) is 0 Å². The van der Waals surface area contributed by atoms with Gasteiger partial charge in [0.2, 0.25) is 0 Å². The first-order valence-electron chi connectivity index (χ1n) is 5.03. The van der Waals surface area contributed by atoms with Crippen LogP contribution in [0.4, 0.5) is 0 Å². The third-order valence-electron chi connectivity index (χ3n) is 2.14. The minimum Gasteiger partial charge on any atom is -0.467 e. The summed E-state index contributed by atoms with van der Waals surface area (Å²) < 4.78 is 20.6. The van der Waals surface area contributed by atoms with Crippen molar-refractivity contribution in [3.8, 4) is 11.5 Å². The zero-order valence-corrected chi connectivity index (χ0v) is 10.2. The Morgan fingerprint density at radius 2 is 1.19 bits per heavy atom. The molecule has 0 saturated carbocycles. The van der Waals surface area contributed by atoms with E-state index in [2.05, 4.69) is 0 Å². The van der Waals surface area contributed by atoms with E-state index in [1.54, 1.807) is 14.2 Å². The number of ether oxygens (including phenoxy) is 4. The standard InChI is InChI=1S/C12H18O4/c1-9-5-12(16-8-14-4)10(2)6-11(9)15-7-13-3/h5-6H,7-8H2,1-4H3. The molecular weight excluding hydrogens is 208 g/mol. The van der Waals surface area contributed by atoms with Crippen molar-refractivity contribution in [1.29, 1.82) is 0 Å². The Hall–Kier alpha value is -1.26. The molecule has 0 fully saturated rings. The number of hydrogen-bond donors (Lipinski definition) is 0. The zero-order chi connectivity index (χ0) is 12.0. The fraction of sp³-hybridized carbons (Fsp3) is 0.500.